The molecule has 6 nitrogen and oxygen atoms in total. The molecule has 3 heterocycles. The number of benzene rings is 1. The molecule has 0 bridgehead atoms. The number of nitrogens with zero attached hydrogens (tertiary/aromatic N) is 1. The maximum absolute atomic E-state index is 12.0. The van der Waals surface area contributed by atoms with Crippen LogP contribution >= 0.6 is 0 Å². The van der Waals surface area contributed by atoms with Crippen LogP contribution in [-0.2, 0) is 16.0 Å². The van der Waals surface area contributed by atoms with Gasteiger partial charge in [-0.05, 0) is 60.8 Å². The van der Waals surface area contributed by atoms with Crippen molar-refractivity contribution in [1.29, 1.82) is 0 Å². The molecule has 4 aliphatic rings. The van der Waals surface area contributed by atoms with Gasteiger partial charge in [-0.25, -0.2) is 0 Å². The Hall–Kier alpha value is -1.79. The van der Waals surface area contributed by atoms with E-state index in [1.165, 1.54) is 18.2 Å². The molecular formula is C20H25NO5. The van der Waals surface area contributed by atoms with E-state index < -0.39 is 6.10 Å². The first-order valence-electron chi connectivity index (χ1n) is 9.56. The number of hydrogen-bond acceptors (Lipinski definition) is 6. The van der Waals surface area contributed by atoms with Gasteiger partial charge >= 0.3 is 5.97 Å². The molecule has 6 heteroatoms. The van der Waals surface area contributed by atoms with Crippen molar-refractivity contribution >= 4 is 5.97 Å². The van der Waals surface area contributed by atoms with Gasteiger partial charge in [0.05, 0.1) is 19.1 Å². The number of aliphatic hydroxyl groups excluding tert-OH is 1. The first-order chi connectivity index (χ1) is 12.6. The SMILES string of the molecule is COC(=O)[C@@H]1C[C@@H]2CN3CCc4cc5c(cc4[C@@H]3C[C@@H]2C[C@@H]1O)OCO5. The summed E-state index contributed by atoms with van der Waals surface area (Å²) in [5.74, 6) is 1.97. The van der Waals surface area contributed by atoms with Crippen LogP contribution in [0.2, 0.25) is 0 Å². The number of piperidine rings is 1. The third-order valence-corrected chi connectivity index (χ3v) is 6.83. The largest absolute Gasteiger partial charge is 0.469 e. The summed E-state index contributed by atoms with van der Waals surface area (Å²) >= 11 is 0. The molecule has 0 amide bonds. The monoisotopic (exact) mass is 359 g/mol. The van der Waals surface area contributed by atoms with Crippen molar-refractivity contribution in [1.82, 2.24) is 4.90 Å². The molecular weight excluding hydrogens is 334 g/mol. The van der Waals surface area contributed by atoms with E-state index >= 15 is 0 Å². The number of methoxy groups -OCH3 is 1. The summed E-state index contributed by atoms with van der Waals surface area (Å²) in [6.45, 7) is 2.33. The summed E-state index contributed by atoms with van der Waals surface area (Å²) in [5.41, 5.74) is 2.71. The highest BCUT2D eigenvalue weighted by atomic mass is 16.7. The number of esters is 1. The fourth-order valence-electron chi connectivity index (χ4n) is 5.49. The Morgan fingerprint density at radius 3 is 2.81 bits per heavy atom. The maximum atomic E-state index is 12.0. The number of hydrogen-bond donors (Lipinski definition) is 1. The van der Waals surface area contributed by atoms with Gasteiger partial charge in [0, 0.05) is 19.1 Å². The number of carbonyl (C=O) groups is 1. The van der Waals surface area contributed by atoms with E-state index in [4.69, 9.17) is 14.2 Å². The van der Waals surface area contributed by atoms with Gasteiger partial charge in [-0.2, -0.15) is 0 Å². The average Bonchev–Trinajstić information content (AvgIpc) is 3.11. The van der Waals surface area contributed by atoms with Crippen LogP contribution in [0.15, 0.2) is 12.1 Å². The molecule has 1 aromatic rings. The van der Waals surface area contributed by atoms with Crippen molar-refractivity contribution in [2.24, 2.45) is 17.8 Å². The molecule has 26 heavy (non-hydrogen) atoms. The lowest BCUT2D eigenvalue weighted by molar-refractivity contribution is -0.155. The molecule has 3 aliphatic heterocycles. The summed E-state index contributed by atoms with van der Waals surface area (Å²) in [4.78, 5) is 14.5. The molecule has 0 radical (unpaired) electrons. The number of carbonyl (C=O) groups excluding carboxylic acids is 1. The van der Waals surface area contributed by atoms with E-state index in [2.05, 4.69) is 17.0 Å². The summed E-state index contributed by atoms with van der Waals surface area (Å²) in [5, 5.41) is 10.5. The highest BCUT2D eigenvalue weighted by molar-refractivity contribution is 5.73. The Kier molecular flexibility index (Phi) is 3.87. The summed E-state index contributed by atoms with van der Waals surface area (Å²) < 4.78 is 16.0. The van der Waals surface area contributed by atoms with E-state index in [1.54, 1.807) is 0 Å². The highest BCUT2D eigenvalue weighted by Gasteiger charge is 2.46. The van der Waals surface area contributed by atoms with Gasteiger partial charge in [-0.15, -0.1) is 0 Å². The lowest BCUT2D eigenvalue weighted by Crippen LogP contribution is -2.51. The molecule has 2 fully saturated rings. The fraction of sp³-hybridized carbons (Fsp3) is 0.650. The fourth-order valence-corrected chi connectivity index (χ4v) is 5.49. The second kappa shape index (κ2) is 6.13. The van der Waals surface area contributed by atoms with Gasteiger partial charge < -0.3 is 19.3 Å². The Morgan fingerprint density at radius 2 is 2.00 bits per heavy atom. The molecule has 0 spiro atoms. The van der Waals surface area contributed by atoms with Crippen LogP contribution in [0.25, 0.3) is 0 Å². The standard InChI is InChI=1S/C20H25NO5/c1-24-20(23)15-4-13-9-21-3-2-11-7-18-19(26-10-25-18)8-14(11)16(21)5-12(13)6-17(15)22/h7-8,12-13,15-17,22H,2-6,9-10H2,1H3/t12-,13-,15-,16+,17+/m1/s1. The zero-order valence-corrected chi connectivity index (χ0v) is 15.0. The number of aliphatic hydroxyl groups is 1. The van der Waals surface area contributed by atoms with Gasteiger partial charge in [0.15, 0.2) is 11.5 Å². The average molecular weight is 359 g/mol. The van der Waals surface area contributed by atoms with Crippen molar-refractivity contribution in [3.63, 3.8) is 0 Å². The predicted molar refractivity (Wildman–Crippen MR) is 92.9 cm³/mol. The lowest BCUT2D eigenvalue weighted by atomic mass is 9.66. The number of ether oxygens (including phenoxy) is 3. The molecule has 1 saturated heterocycles. The number of fused-ring (bicyclic) bond motifs is 5. The van der Waals surface area contributed by atoms with Crippen molar-refractivity contribution in [3.8, 4) is 11.5 Å². The number of rotatable bonds is 1. The zero-order chi connectivity index (χ0) is 17.8. The molecule has 140 valence electrons. The van der Waals surface area contributed by atoms with Crippen molar-refractivity contribution < 1.29 is 24.1 Å². The Balaban J connectivity index is 1.40. The van der Waals surface area contributed by atoms with Gasteiger partial charge in [-0.3, -0.25) is 9.69 Å². The summed E-state index contributed by atoms with van der Waals surface area (Å²) in [6, 6.07) is 4.67. The highest BCUT2D eigenvalue weighted by Crippen LogP contribution is 2.49. The predicted octanol–water partition coefficient (Wildman–Crippen LogP) is 1.89. The Labute approximate surface area is 153 Å². The van der Waals surface area contributed by atoms with E-state index in [-0.39, 0.29) is 11.9 Å². The maximum Gasteiger partial charge on any atom is 0.311 e. The summed E-state index contributed by atoms with van der Waals surface area (Å²) in [7, 11) is 1.41. The third kappa shape index (κ3) is 2.50. The molecule has 1 aliphatic carbocycles. The minimum Gasteiger partial charge on any atom is -0.469 e. The van der Waals surface area contributed by atoms with Crippen molar-refractivity contribution in [2.75, 3.05) is 27.0 Å². The molecule has 5 rings (SSSR count). The van der Waals surface area contributed by atoms with Crippen LogP contribution in [-0.4, -0.2) is 49.1 Å². The molecule has 1 saturated carbocycles. The second-order valence-corrected chi connectivity index (χ2v) is 8.09. The van der Waals surface area contributed by atoms with Crippen molar-refractivity contribution in [2.45, 2.75) is 37.8 Å². The minimum absolute atomic E-state index is 0.269. The van der Waals surface area contributed by atoms with E-state index in [9.17, 15) is 9.90 Å². The first-order valence-corrected chi connectivity index (χ1v) is 9.56. The van der Waals surface area contributed by atoms with Gasteiger partial charge in [-0.1, -0.05) is 0 Å². The molecule has 5 atom stereocenters. The van der Waals surface area contributed by atoms with Gasteiger partial charge in [0.1, 0.15) is 0 Å². The van der Waals surface area contributed by atoms with Gasteiger partial charge in [0.2, 0.25) is 6.79 Å². The lowest BCUT2D eigenvalue weighted by Gasteiger charge is -2.50. The van der Waals surface area contributed by atoms with E-state index in [1.807, 2.05) is 0 Å². The normalized spacial score (nSPS) is 35.2. The molecule has 0 aromatic heterocycles. The molecule has 1 aromatic carbocycles. The van der Waals surface area contributed by atoms with Crippen LogP contribution < -0.4 is 9.47 Å². The zero-order valence-electron chi connectivity index (χ0n) is 15.0. The second-order valence-electron chi connectivity index (χ2n) is 8.09. The third-order valence-electron chi connectivity index (χ3n) is 6.83. The van der Waals surface area contributed by atoms with Crippen LogP contribution in [0, 0.1) is 17.8 Å². The van der Waals surface area contributed by atoms with Crippen LogP contribution in [0.5, 0.6) is 11.5 Å². The van der Waals surface area contributed by atoms with Crippen LogP contribution in [0.4, 0.5) is 0 Å². The van der Waals surface area contributed by atoms with Crippen molar-refractivity contribution in [3.05, 3.63) is 23.3 Å². The smallest absolute Gasteiger partial charge is 0.311 e. The molecule has 1 N–H and O–H groups in total. The Bertz CT molecular complexity index is 735. The quantitative estimate of drug-likeness (QED) is 0.773. The Morgan fingerprint density at radius 1 is 1.19 bits per heavy atom. The van der Waals surface area contributed by atoms with Crippen LogP contribution in [0.3, 0.4) is 0 Å². The van der Waals surface area contributed by atoms with Gasteiger partial charge in [0.25, 0.3) is 0 Å². The molecule has 0 unspecified atom stereocenters. The summed E-state index contributed by atoms with van der Waals surface area (Å²) in [6.07, 6.45) is 2.88. The van der Waals surface area contributed by atoms with E-state index in [0.717, 1.165) is 43.9 Å². The minimum atomic E-state index is -0.588. The van der Waals surface area contributed by atoms with Crippen LogP contribution in [0.1, 0.15) is 36.4 Å². The van der Waals surface area contributed by atoms with E-state index in [0.29, 0.717) is 31.1 Å². The topological polar surface area (TPSA) is 68.2 Å². The first kappa shape index (κ1) is 16.4.